The van der Waals surface area contributed by atoms with E-state index in [1.165, 1.54) is 14.2 Å². The van der Waals surface area contributed by atoms with Crippen LogP contribution in [0.3, 0.4) is 0 Å². The van der Waals surface area contributed by atoms with E-state index in [0.717, 1.165) is 0 Å². The van der Waals surface area contributed by atoms with Crippen LogP contribution in [0.15, 0.2) is 0 Å². The summed E-state index contributed by atoms with van der Waals surface area (Å²) in [4.78, 5) is 39.6. The van der Waals surface area contributed by atoms with Crippen LogP contribution in [0, 0.1) is 11.8 Å². The highest BCUT2D eigenvalue weighted by atomic mass is 16.5. The molecule has 1 heterocycles. The lowest BCUT2D eigenvalue weighted by molar-refractivity contribution is -0.157. The molecule has 1 fully saturated rings. The number of ether oxygens (including phenoxy) is 2. The first-order chi connectivity index (χ1) is 10.5. The van der Waals surface area contributed by atoms with Crippen molar-refractivity contribution < 1.29 is 23.9 Å². The highest BCUT2D eigenvalue weighted by molar-refractivity contribution is 5.86. The molecule has 1 saturated heterocycles. The largest absolute Gasteiger partial charge is 0.469 e. The molecule has 1 rings (SSSR count). The fraction of sp³-hybridized carbons (Fsp3) is 0.800. The minimum Gasteiger partial charge on any atom is -0.469 e. The van der Waals surface area contributed by atoms with Crippen LogP contribution in [0.1, 0.15) is 20.3 Å². The highest BCUT2D eigenvalue weighted by Gasteiger charge is 2.40. The van der Waals surface area contributed by atoms with E-state index >= 15 is 0 Å². The number of hydrogen-bond donors (Lipinski definition) is 0. The number of carbonyl (C=O) groups excluding carboxylic acids is 3. The summed E-state index contributed by atoms with van der Waals surface area (Å²) < 4.78 is 9.50. The summed E-state index contributed by atoms with van der Waals surface area (Å²) in [6.07, 6.45) is 0.501. The third-order valence-electron chi connectivity index (χ3n) is 4.17. The molecule has 0 aromatic heterocycles. The molecule has 0 aliphatic carbocycles. The number of likely N-dealkylation sites (tertiary alicyclic amines) is 1. The predicted octanol–water partition coefficient (Wildman–Crippen LogP) is 0.139. The fourth-order valence-corrected chi connectivity index (χ4v) is 2.86. The molecule has 0 unspecified atom stereocenters. The normalized spacial score (nSPS) is 22.0. The monoisotopic (exact) mass is 314 g/mol. The molecule has 7 heteroatoms. The number of methoxy groups -OCH3 is 2. The van der Waals surface area contributed by atoms with Crippen LogP contribution in [0.5, 0.6) is 0 Å². The van der Waals surface area contributed by atoms with E-state index in [1.807, 2.05) is 18.7 Å². The molecule has 22 heavy (non-hydrogen) atoms. The van der Waals surface area contributed by atoms with Gasteiger partial charge in [0.05, 0.1) is 32.6 Å². The Bertz CT molecular complexity index is 409. The molecular weight excluding hydrogens is 288 g/mol. The topological polar surface area (TPSA) is 76.2 Å². The number of hydrogen-bond acceptors (Lipinski definition) is 6. The number of rotatable bonds is 6. The van der Waals surface area contributed by atoms with Gasteiger partial charge in [0.2, 0.25) is 5.91 Å². The van der Waals surface area contributed by atoms with E-state index in [2.05, 4.69) is 4.74 Å². The molecule has 7 nitrogen and oxygen atoms in total. The van der Waals surface area contributed by atoms with Crippen LogP contribution in [0.25, 0.3) is 0 Å². The van der Waals surface area contributed by atoms with E-state index in [-0.39, 0.29) is 24.4 Å². The Morgan fingerprint density at radius 3 is 2.23 bits per heavy atom. The van der Waals surface area contributed by atoms with Crippen molar-refractivity contribution in [2.45, 2.75) is 20.3 Å². The first-order valence-corrected chi connectivity index (χ1v) is 7.64. The van der Waals surface area contributed by atoms with Crippen LogP contribution < -0.4 is 0 Å². The Balaban J connectivity index is 2.88. The van der Waals surface area contributed by atoms with E-state index < -0.39 is 11.8 Å². The second-order valence-electron chi connectivity index (χ2n) is 5.35. The van der Waals surface area contributed by atoms with Crippen LogP contribution in [-0.2, 0) is 23.9 Å². The lowest BCUT2D eigenvalue weighted by Gasteiger charge is -2.37. The van der Waals surface area contributed by atoms with Crippen molar-refractivity contribution in [2.24, 2.45) is 11.8 Å². The van der Waals surface area contributed by atoms with Crippen molar-refractivity contribution in [3.05, 3.63) is 0 Å². The Kier molecular flexibility index (Phi) is 7.31. The van der Waals surface area contributed by atoms with Gasteiger partial charge in [0.1, 0.15) is 0 Å². The van der Waals surface area contributed by atoms with Gasteiger partial charge in [-0.15, -0.1) is 0 Å². The van der Waals surface area contributed by atoms with Crippen LogP contribution >= 0.6 is 0 Å². The molecule has 0 N–H and O–H groups in total. The van der Waals surface area contributed by atoms with Gasteiger partial charge >= 0.3 is 11.9 Å². The molecule has 0 aromatic rings. The maximum atomic E-state index is 12.7. The molecule has 0 radical (unpaired) electrons. The second-order valence-corrected chi connectivity index (χ2v) is 5.35. The average molecular weight is 314 g/mol. The first-order valence-electron chi connectivity index (χ1n) is 7.64. The molecule has 0 spiro atoms. The van der Waals surface area contributed by atoms with Crippen molar-refractivity contribution in [3.63, 3.8) is 0 Å². The molecule has 1 aliphatic rings. The Hall–Kier alpha value is -1.63. The minimum absolute atomic E-state index is 0.0602. The van der Waals surface area contributed by atoms with Gasteiger partial charge in [-0.2, -0.15) is 0 Å². The van der Waals surface area contributed by atoms with E-state index in [1.54, 1.807) is 4.90 Å². The van der Waals surface area contributed by atoms with Crippen LogP contribution in [-0.4, -0.2) is 74.6 Å². The summed E-state index contributed by atoms with van der Waals surface area (Å²) in [6.45, 7) is 6.06. The summed E-state index contributed by atoms with van der Waals surface area (Å²) in [7, 11) is 2.67. The third kappa shape index (κ3) is 4.43. The summed E-state index contributed by atoms with van der Waals surface area (Å²) in [6, 6.07) is 0. The number of esters is 2. The van der Waals surface area contributed by atoms with Gasteiger partial charge in [0.25, 0.3) is 0 Å². The van der Waals surface area contributed by atoms with Gasteiger partial charge in [-0.25, -0.2) is 0 Å². The first kappa shape index (κ1) is 18.4. The van der Waals surface area contributed by atoms with E-state index in [0.29, 0.717) is 32.6 Å². The van der Waals surface area contributed by atoms with Crippen molar-refractivity contribution >= 4 is 17.8 Å². The number of carbonyl (C=O) groups is 3. The van der Waals surface area contributed by atoms with E-state index in [4.69, 9.17) is 4.74 Å². The van der Waals surface area contributed by atoms with Gasteiger partial charge < -0.3 is 14.4 Å². The summed E-state index contributed by atoms with van der Waals surface area (Å²) in [5.41, 5.74) is 0. The molecule has 0 aromatic carbocycles. The van der Waals surface area contributed by atoms with Crippen LogP contribution in [0.4, 0.5) is 0 Å². The molecule has 0 bridgehead atoms. The van der Waals surface area contributed by atoms with Crippen molar-refractivity contribution in [1.29, 1.82) is 0 Å². The zero-order chi connectivity index (χ0) is 16.7. The number of piperidine rings is 1. The smallest absolute Gasteiger partial charge is 0.319 e. The maximum Gasteiger partial charge on any atom is 0.319 e. The van der Waals surface area contributed by atoms with E-state index in [9.17, 15) is 14.4 Å². The second kappa shape index (κ2) is 8.73. The standard InChI is InChI=1S/C15H26N2O5/c1-5-17(6-2)14(19)12-9-16(10-13(18)21-3)8-7-11(12)15(20)22-4/h11-12H,5-10H2,1-4H3/t11-,12+/m1/s1. The van der Waals surface area contributed by atoms with Crippen LogP contribution in [0.2, 0.25) is 0 Å². The van der Waals surface area contributed by atoms with Gasteiger partial charge in [-0.05, 0) is 26.8 Å². The van der Waals surface area contributed by atoms with Gasteiger partial charge in [-0.3, -0.25) is 19.3 Å². The van der Waals surface area contributed by atoms with Crippen molar-refractivity contribution in [1.82, 2.24) is 9.80 Å². The van der Waals surface area contributed by atoms with Gasteiger partial charge in [0.15, 0.2) is 0 Å². The Morgan fingerprint density at radius 1 is 1.09 bits per heavy atom. The molecular formula is C15H26N2O5. The highest BCUT2D eigenvalue weighted by Crippen LogP contribution is 2.26. The van der Waals surface area contributed by atoms with Crippen molar-refractivity contribution in [2.75, 3.05) is 46.9 Å². The molecule has 1 aliphatic heterocycles. The summed E-state index contributed by atoms with van der Waals surface area (Å²) in [5, 5.41) is 0. The molecule has 126 valence electrons. The number of nitrogens with zero attached hydrogens (tertiary/aromatic N) is 2. The van der Waals surface area contributed by atoms with Gasteiger partial charge in [0, 0.05) is 19.6 Å². The minimum atomic E-state index is -0.481. The molecule has 0 saturated carbocycles. The Morgan fingerprint density at radius 2 is 1.73 bits per heavy atom. The number of amides is 1. The predicted molar refractivity (Wildman–Crippen MR) is 80.0 cm³/mol. The Labute approximate surface area is 131 Å². The summed E-state index contributed by atoms with van der Waals surface area (Å²) >= 11 is 0. The lowest BCUT2D eigenvalue weighted by Crippen LogP contribution is -2.52. The molecule has 1 amide bonds. The fourth-order valence-electron chi connectivity index (χ4n) is 2.86. The third-order valence-corrected chi connectivity index (χ3v) is 4.17. The molecule has 2 atom stereocenters. The van der Waals surface area contributed by atoms with Gasteiger partial charge in [-0.1, -0.05) is 0 Å². The summed E-state index contributed by atoms with van der Waals surface area (Å²) in [5.74, 6) is -1.69. The zero-order valence-corrected chi connectivity index (χ0v) is 13.8. The zero-order valence-electron chi connectivity index (χ0n) is 13.8. The lowest BCUT2D eigenvalue weighted by atomic mass is 9.84. The SMILES string of the molecule is CCN(CC)C(=O)[C@H]1CN(CC(=O)OC)CC[C@H]1C(=O)OC. The maximum absolute atomic E-state index is 12.7. The quantitative estimate of drug-likeness (QED) is 0.649. The average Bonchev–Trinajstić information content (AvgIpc) is 2.54. The van der Waals surface area contributed by atoms with Crippen molar-refractivity contribution in [3.8, 4) is 0 Å².